The van der Waals surface area contributed by atoms with Crippen molar-refractivity contribution in [1.82, 2.24) is 19.9 Å². The summed E-state index contributed by atoms with van der Waals surface area (Å²) in [4.78, 5) is 21.0. The van der Waals surface area contributed by atoms with Crippen molar-refractivity contribution < 1.29 is 4.42 Å². The van der Waals surface area contributed by atoms with Crippen molar-refractivity contribution in [1.29, 1.82) is 0 Å². The molecule has 5 heteroatoms. The summed E-state index contributed by atoms with van der Waals surface area (Å²) in [5, 5.41) is 2.14. The lowest BCUT2D eigenvalue weighted by atomic mass is 9.94. The molecule has 0 amide bonds. The molecule has 3 heterocycles. The Hall–Kier alpha value is -9.06. The fourth-order valence-corrected chi connectivity index (χ4v) is 8.84. The fourth-order valence-electron chi connectivity index (χ4n) is 8.84. The van der Waals surface area contributed by atoms with Crippen molar-refractivity contribution in [2.75, 3.05) is 0 Å². The van der Waals surface area contributed by atoms with Gasteiger partial charge in [0.25, 0.3) is 0 Å². The summed E-state index contributed by atoms with van der Waals surface area (Å²) in [7, 11) is 0. The van der Waals surface area contributed by atoms with Gasteiger partial charge in [-0.25, -0.2) is 19.9 Å². The Kier molecular flexibility index (Phi) is 10.1. The van der Waals surface area contributed by atoms with Crippen LogP contribution >= 0.6 is 0 Å². The van der Waals surface area contributed by atoms with E-state index in [-0.39, 0.29) is 0 Å². The zero-order valence-electron chi connectivity index (χ0n) is 36.3. The maximum atomic E-state index is 6.28. The van der Waals surface area contributed by atoms with Gasteiger partial charge in [0.15, 0.2) is 11.6 Å². The molecular weight excluding hydrogens is 817 g/mol. The normalized spacial score (nSPS) is 11.3. The summed E-state index contributed by atoms with van der Waals surface area (Å²) in [5.41, 5.74) is 17.4. The lowest BCUT2D eigenvalue weighted by Crippen LogP contribution is -1.98. The second-order valence-electron chi connectivity index (χ2n) is 16.7. The molecule has 0 atom stereocenters. The van der Waals surface area contributed by atoms with E-state index in [4.69, 9.17) is 24.4 Å². The topological polar surface area (TPSA) is 64.7 Å². The lowest BCUT2D eigenvalue weighted by molar-refractivity contribution is 0.669. The standard InChI is InChI=1S/C62H40N4O/c1-5-15-41(16-6-1)43-25-29-45(30-26-43)55-39-57(65-61(63-55)47-19-9-3-10-20-47)51-35-50(49-33-34-60-54(38-49)53-23-13-14-24-59(53)67-60)36-52(37-51)58-40-56(64-62(66-58)48-21-11-4-12-22-48)46-31-27-44(28-32-46)42-17-7-2-8-18-42/h1-40H. The minimum Gasteiger partial charge on any atom is -0.456 e. The van der Waals surface area contributed by atoms with Crippen LogP contribution in [0.25, 0.3) is 123 Å². The van der Waals surface area contributed by atoms with E-state index in [1.807, 2.05) is 60.7 Å². The minimum absolute atomic E-state index is 0.646. The Morgan fingerprint density at radius 2 is 0.552 bits per heavy atom. The Morgan fingerprint density at radius 3 is 1.03 bits per heavy atom. The smallest absolute Gasteiger partial charge is 0.160 e. The number of benzene rings is 9. The van der Waals surface area contributed by atoms with E-state index in [0.29, 0.717) is 11.6 Å². The van der Waals surface area contributed by atoms with Gasteiger partial charge in [0.2, 0.25) is 0 Å². The molecule has 0 aliphatic rings. The molecule has 314 valence electrons. The molecular formula is C62H40N4O. The van der Waals surface area contributed by atoms with Gasteiger partial charge >= 0.3 is 0 Å². The Morgan fingerprint density at radius 1 is 0.209 bits per heavy atom. The van der Waals surface area contributed by atoms with E-state index in [1.165, 1.54) is 11.1 Å². The highest BCUT2D eigenvalue weighted by Gasteiger charge is 2.18. The van der Waals surface area contributed by atoms with Crippen LogP contribution in [0.1, 0.15) is 0 Å². The van der Waals surface area contributed by atoms with E-state index < -0.39 is 0 Å². The fraction of sp³-hybridized carbons (Fsp3) is 0. The molecule has 3 aromatic heterocycles. The van der Waals surface area contributed by atoms with Crippen LogP contribution in [0.4, 0.5) is 0 Å². The van der Waals surface area contributed by atoms with Gasteiger partial charge in [-0.3, -0.25) is 0 Å². The predicted octanol–water partition coefficient (Wildman–Crippen LogP) is 16.2. The van der Waals surface area contributed by atoms with Crippen LogP contribution < -0.4 is 0 Å². The number of para-hydroxylation sites is 1. The van der Waals surface area contributed by atoms with Crippen molar-refractivity contribution in [3.8, 4) is 101 Å². The number of furan rings is 1. The molecule has 0 aliphatic carbocycles. The summed E-state index contributed by atoms with van der Waals surface area (Å²) >= 11 is 0. The minimum atomic E-state index is 0.646. The second-order valence-corrected chi connectivity index (χ2v) is 16.7. The highest BCUT2D eigenvalue weighted by molar-refractivity contribution is 6.06. The molecule has 0 unspecified atom stereocenters. The third-order valence-corrected chi connectivity index (χ3v) is 12.3. The Bertz CT molecular complexity index is 3510. The largest absolute Gasteiger partial charge is 0.456 e. The molecule has 12 aromatic rings. The molecule has 67 heavy (non-hydrogen) atoms. The summed E-state index contributed by atoms with van der Waals surface area (Å²) in [6, 6.07) is 84.0. The maximum Gasteiger partial charge on any atom is 0.160 e. The zero-order chi connectivity index (χ0) is 44.5. The molecule has 0 saturated heterocycles. The van der Waals surface area contributed by atoms with Crippen LogP contribution in [-0.4, -0.2) is 19.9 Å². The quantitative estimate of drug-likeness (QED) is 0.145. The first-order valence-corrected chi connectivity index (χ1v) is 22.4. The summed E-state index contributed by atoms with van der Waals surface area (Å²) in [5.74, 6) is 1.29. The number of hydrogen-bond donors (Lipinski definition) is 0. The third-order valence-electron chi connectivity index (χ3n) is 12.3. The van der Waals surface area contributed by atoms with E-state index in [1.54, 1.807) is 0 Å². The van der Waals surface area contributed by atoms with Crippen molar-refractivity contribution in [3.63, 3.8) is 0 Å². The van der Waals surface area contributed by atoms with Crippen molar-refractivity contribution >= 4 is 21.9 Å². The number of rotatable bonds is 9. The molecule has 0 bridgehead atoms. The molecule has 0 fully saturated rings. The first kappa shape index (κ1) is 39.5. The first-order chi connectivity index (χ1) is 33.1. The van der Waals surface area contributed by atoms with Crippen LogP contribution in [0.3, 0.4) is 0 Å². The molecule has 0 spiro atoms. The molecule has 0 aliphatic heterocycles. The second kappa shape index (κ2) is 17.1. The summed E-state index contributed by atoms with van der Waals surface area (Å²) < 4.78 is 6.28. The van der Waals surface area contributed by atoms with E-state index in [9.17, 15) is 0 Å². The SMILES string of the molecule is c1ccc(-c2ccc(-c3cc(-c4cc(-c5ccc6oc7ccccc7c6c5)cc(-c5cc(-c6ccc(-c7ccccc7)cc6)nc(-c6ccccc6)n5)c4)nc(-c4ccccc4)n3)cc2)cc1. The van der Waals surface area contributed by atoms with Gasteiger partial charge in [0, 0.05) is 44.2 Å². The van der Waals surface area contributed by atoms with Gasteiger partial charge in [-0.2, -0.15) is 0 Å². The number of aromatic nitrogens is 4. The van der Waals surface area contributed by atoms with Gasteiger partial charge < -0.3 is 4.42 Å². The molecule has 0 saturated carbocycles. The van der Waals surface area contributed by atoms with E-state index in [2.05, 4.69) is 182 Å². The Labute approximate surface area is 388 Å². The highest BCUT2D eigenvalue weighted by atomic mass is 16.3. The van der Waals surface area contributed by atoms with Crippen LogP contribution in [0.15, 0.2) is 247 Å². The van der Waals surface area contributed by atoms with Crippen LogP contribution in [0, 0.1) is 0 Å². The summed E-state index contributed by atoms with van der Waals surface area (Å²) in [6.07, 6.45) is 0. The third kappa shape index (κ3) is 7.96. The Balaban J connectivity index is 1.06. The predicted molar refractivity (Wildman–Crippen MR) is 274 cm³/mol. The van der Waals surface area contributed by atoms with Gasteiger partial charge in [0.05, 0.1) is 22.8 Å². The van der Waals surface area contributed by atoms with Crippen molar-refractivity contribution in [2.45, 2.75) is 0 Å². The van der Waals surface area contributed by atoms with E-state index >= 15 is 0 Å². The van der Waals surface area contributed by atoms with Crippen LogP contribution in [0.5, 0.6) is 0 Å². The van der Waals surface area contributed by atoms with Gasteiger partial charge in [0.1, 0.15) is 11.2 Å². The maximum absolute atomic E-state index is 6.28. The van der Waals surface area contributed by atoms with E-state index in [0.717, 1.165) is 100 Å². The number of fused-ring (bicyclic) bond motifs is 3. The average molecular weight is 857 g/mol. The van der Waals surface area contributed by atoms with Crippen LogP contribution in [0.2, 0.25) is 0 Å². The average Bonchev–Trinajstić information content (AvgIpc) is 3.80. The molecule has 9 aromatic carbocycles. The van der Waals surface area contributed by atoms with Crippen LogP contribution in [-0.2, 0) is 0 Å². The van der Waals surface area contributed by atoms with Gasteiger partial charge in [-0.05, 0) is 81.9 Å². The first-order valence-electron chi connectivity index (χ1n) is 22.4. The summed E-state index contributed by atoms with van der Waals surface area (Å²) in [6.45, 7) is 0. The zero-order valence-corrected chi connectivity index (χ0v) is 36.3. The lowest BCUT2D eigenvalue weighted by Gasteiger charge is -2.14. The van der Waals surface area contributed by atoms with Gasteiger partial charge in [-0.1, -0.05) is 194 Å². The number of nitrogens with zero attached hydrogens (tertiary/aromatic N) is 4. The molecule has 0 N–H and O–H groups in total. The monoisotopic (exact) mass is 856 g/mol. The van der Waals surface area contributed by atoms with Crippen molar-refractivity contribution in [2.24, 2.45) is 0 Å². The van der Waals surface area contributed by atoms with Gasteiger partial charge in [-0.15, -0.1) is 0 Å². The molecule has 5 nitrogen and oxygen atoms in total. The number of hydrogen-bond acceptors (Lipinski definition) is 5. The highest BCUT2D eigenvalue weighted by Crippen LogP contribution is 2.39. The van der Waals surface area contributed by atoms with Crippen molar-refractivity contribution in [3.05, 3.63) is 243 Å². The molecule has 0 radical (unpaired) electrons. The molecule has 12 rings (SSSR count).